The summed E-state index contributed by atoms with van der Waals surface area (Å²) in [4.78, 5) is 16.5. The molecule has 4 N–H and O–H groups in total. The molecule has 1 aromatic heterocycles. The van der Waals surface area contributed by atoms with Crippen molar-refractivity contribution in [2.75, 3.05) is 5.32 Å². The molecule has 9 heteroatoms. The number of nitrogens with one attached hydrogen (secondary N) is 2. The van der Waals surface area contributed by atoms with Gasteiger partial charge in [0.1, 0.15) is 5.75 Å². The molecular weight excluding hydrogens is 368 g/mol. The first-order chi connectivity index (χ1) is 12.8. The third kappa shape index (κ3) is 4.75. The molecule has 27 heavy (non-hydrogen) atoms. The Hall–Kier alpha value is -2.65. The third-order valence-corrected chi connectivity index (χ3v) is 5.40. The summed E-state index contributed by atoms with van der Waals surface area (Å²) in [5.41, 5.74) is 0.596. The zero-order valence-electron chi connectivity index (χ0n) is 14.9. The SMILES string of the molecule is Cc1ccncc1NC(=O)NC1(Oc2cccc(S(N)(=O)=O)c2)CCCC1. The van der Waals surface area contributed by atoms with Crippen LogP contribution in [-0.4, -0.2) is 25.2 Å². The van der Waals surface area contributed by atoms with E-state index in [9.17, 15) is 13.2 Å². The van der Waals surface area contributed by atoms with Crippen LogP contribution in [0.1, 0.15) is 31.2 Å². The molecule has 1 aromatic carbocycles. The highest BCUT2D eigenvalue weighted by atomic mass is 32.2. The number of sulfonamides is 1. The van der Waals surface area contributed by atoms with E-state index in [1.165, 1.54) is 12.1 Å². The van der Waals surface area contributed by atoms with Crippen LogP contribution in [0.15, 0.2) is 47.6 Å². The summed E-state index contributed by atoms with van der Waals surface area (Å²) < 4.78 is 29.1. The topological polar surface area (TPSA) is 123 Å². The number of nitrogens with two attached hydrogens (primary N) is 1. The predicted molar refractivity (Wildman–Crippen MR) is 101 cm³/mol. The molecule has 0 aliphatic heterocycles. The van der Waals surface area contributed by atoms with Crippen LogP contribution < -0.4 is 20.5 Å². The number of aryl methyl sites for hydroxylation is 1. The summed E-state index contributed by atoms with van der Waals surface area (Å²) in [7, 11) is -3.83. The molecule has 0 radical (unpaired) electrons. The van der Waals surface area contributed by atoms with Gasteiger partial charge in [-0.15, -0.1) is 0 Å². The molecule has 1 aliphatic carbocycles. The molecule has 0 bridgehead atoms. The number of rotatable bonds is 5. The Morgan fingerprint density at radius 3 is 2.67 bits per heavy atom. The van der Waals surface area contributed by atoms with Crippen molar-refractivity contribution >= 4 is 21.7 Å². The van der Waals surface area contributed by atoms with Gasteiger partial charge < -0.3 is 10.1 Å². The van der Waals surface area contributed by atoms with E-state index in [0.29, 0.717) is 24.3 Å². The number of benzene rings is 1. The third-order valence-electron chi connectivity index (χ3n) is 4.49. The van der Waals surface area contributed by atoms with Crippen molar-refractivity contribution in [2.45, 2.75) is 43.2 Å². The number of amides is 2. The van der Waals surface area contributed by atoms with E-state index in [0.717, 1.165) is 18.4 Å². The van der Waals surface area contributed by atoms with Crippen LogP contribution in [0.4, 0.5) is 10.5 Å². The van der Waals surface area contributed by atoms with Crippen LogP contribution in [0.3, 0.4) is 0 Å². The van der Waals surface area contributed by atoms with E-state index in [1.54, 1.807) is 30.6 Å². The van der Waals surface area contributed by atoms with Gasteiger partial charge in [0.05, 0.1) is 16.8 Å². The van der Waals surface area contributed by atoms with Crippen LogP contribution in [0.5, 0.6) is 5.75 Å². The van der Waals surface area contributed by atoms with E-state index in [4.69, 9.17) is 9.88 Å². The largest absolute Gasteiger partial charge is 0.468 e. The van der Waals surface area contributed by atoms with E-state index in [-0.39, 0.29) is 4.90 Å². The van der Waals surface area contributed by atoms with E-state index < -0.39 is 21.8 Å². The second-order valence-electron chi connectivity index (χ2n) is 6.59. The van der Waals surface area contributed by atoms with Gasteiger partial charge in [-0.2, -0.15) is 0 Å². The van der Waals surface area contributed by atoms with Crippen molar-refractivity contribution in [2.24, 2.45) is 5.14 Å². The minimum Gasteiger partial charge on any atom is -0.468 e. The zero-order valence-corrected chi connectivity index (χ0v) is 15.8. The minimum atomic E-state index is -3.83. The number of ether oxygens (including phenoxy) is 1. The van der Waals surface area contributed by atoms with E-state index in [2.05, 4.69) is 15.6 Å². The molecule has 1 fully saturated rings. The second-order valence-corrected chi connectivity index (χ2v) is 8.15. The number of anilines is 1. The molecule has 0 spiro atoms. The normalized spacial score (nSPS) is 15.9. The van der Waals surface area contributed by atoms with Gasteiger partial charge in [-0.05, 0) is 43.5 Å². The van der Waals surface area contributed by atoms with Crippen molar-refractivity contribution in [1.29, 1.82) is 0 Å². The van der Waals surface area contributed by atoms with Crippen LogP contribution in [-0.2, 0) is 10.0 Å². The van der Waals surface area contributed by atoms with E-state index >= 15 is 0 Å². The van der Waals surface area contributed by atoms with Crippen molar-refractivity contribution < 1.29 is 17.9 Å². The number of hydrogen-bond donors (Lipinski definition) is 3. The quantitative estimate of drug-likeness (QED) is 0.677. The molecule has 1 heterocycles. The fraction of sp³-hybridized carbons (Fsp3) is 0.333. The van der Waals surface area contributed by atoms with Gasteiger partial charge in [-0.1, -0.05) is 6.07 Å². The van der Waals surface area contributed by atoms with Crippen LogP contribution in [0.2, 0.25) is 0 Å². The zero-order chi connectivity index (χ0) is 19.5. The number of pyridine rings is 1. The van der Waals surface area contributed by atoms with Gasteiger partial charge in [0.2, 0.25) is 10.0 Å². The van der Waals surface area contributed by atoms with Gasteiger partial charge in [-0.25, -0.2) is 18.4 Å². The number of nitrogens with zero attached hydrogens (tertiary/aromatic N) is 1. The highest BCUT2D eigenvalue weighted by molar-refractivity contribution is 7.89. The number of aromatic nitrogens is 1. The maximum atomic E-state index is 12.5. The first kappa shape index (κ1) is 19.1. The van der Waals surface area contributed by atoms with Crippen LogP contribution >= 0.6 is 0 Å². The number of carbonyl (C=O) groups excluding carboxylic acids is 1. The van der Waals surface area contributed by atoms with Crippen molar-refractivity contribution in [3.8, 4) is 5.75 Å². The maximum Gasteiger partial charge on any atom is 0.322 e. The fourth-order valence-corrected chi connectivity index (χ4v) is 3.64. The molecule has 0 saturated heterocycles. The monoisotopic (exact) mass is 390 g/mol. The molecule has 144 valence electrons. The molecular formula is C18H22N4O4S. The van der Waals surface area contributed by atoms with Crippen molar-refractivity contribution in [1.82, 2.24) is 10.3 Å². The molecule has 3 rings (SSSR count). The Bertz CT molecular complexity index is 940. The van der Waals surface area contributed by atoms with Gasteiger partial charge in [-0.3, -0.25) is 10.3 Å². The van der Waals surface area contributed by atoms with Gasteiger partial charge >= 0.3 is 6.03 Å². The maximum absolute atomic E-state index is 12.5. The van der Waals surface area contributed by atoms with Crippen LogP contribution in [0, 0.1) is 6.92 Å². The lowest BCUT2D eigenvalue weighted by Crippen LogP contribution is -2.52. The number of urea groups is 1. The fourth-order valence-electron chi connectivity index (χ4n) is 3.09. The minimum absolute atomic E-state index is 0.0383. The Morgan fingerprint density at radius 2 is 2.00 bits per heavy atom. The Morgan fingerprint density at radius 1 is 1.26 bits per heavy atom. The summed E-state index contributed by atoms with van der Waals surface area (Å²) in [6.07, 6.45) is 6.24. The lowest BCUT2D eigenvalue weighted by atomic mass is 10.2. The summed E-state index contributed by atoms with van der Waals surface area (Å²) in [6.45, 7) is 1.87. The highest BCUT2D eigenvalue weighted by Gasteiger charge is 2.38. The molecule has 8 nitrogen and oxygen atoms in total. The first-order valence-corrected chi connectivity index (χ1v) is 10.1. The first-order valence-electron chi connectivity index (χ1n) is 8.59. The summed E-state index contributed by atoms with van der Waals surface area (Å²) in [6, 6.07) is 7.34. The predicted octanol–water partition coefficient (Wildman–Crippen LogP) is 2.51. The molecule has 2 aromatic rings. The van der Waals surface area contributed by atoms with Gasteiger partial charge in [0, 0.05) is 25.1 Å². The Labute approximate surface area is 158 Å². The molecule has 2 amide bonds. The average Bonchev–Trinajstić information content (AvgIpc) is 3.04. The Balaban J connectivity index is 1.76. The lowest BCUT2D eigenvalue weighted by molar-refractivity contribution is 0.0524. The van der Waals surface area contributed by atoms with Gasteiger partial charge in [0.15, 0.2) is 5.72 Å². The molecule has 1 saturated carbocycles. The molecule has 0 unspecified atom stereocenters. The molecule has 1 aliphatic rings. The molecule has 0 atom stereocenters. The number of carbonyl (C=O) groups is 1. The second kappa shape index (κ2) is 7.53. The summed E-state index contributed by atoms with van der Waals surface area (Å²) in [5.74, 6) is 0.335. The Kier molecular flexibility index (Phi) is 5.33. The lowest BCUT2D eigenvalue weighted by Gasteiger charge is -2.31. The smallest absolute Gasteiger partial charge is 0.322 e. The highest BCUT2D eigenvalue weighted by Crippen LogP contribution is 2.33. The van der Waals surface area contributed by atoms with Crippen molar-refractivity contribution in [3.63, 3.8) is 0 Å². The van der Waals surface area contributed by atoms with E-state index in [1.807, 2.05) is 6.92 Å². The standard InChI is InChI=1S/C18H22N4O4S/c1-13-7-10-20-12-16(13)21-17(23)22-18(8-2-3-9-18)26-14-5-4-6-15(11-14)27(19,24)25/h4-7,10-12H,2-3,8-9H2,1H3,(H2,19,24,25)(H2,21,22,23). The van der Waals surface area contributed by atoms with Crippen molar-refractivity contribution in [3.05, 3.63) is 48.3 Å². The average molecular weight is 390 g/mol. The van der Waals surface area contributed by atoms with Crippen LogP contribution in [0.25, 0.3) is 0 Å². The summed E-state index contributed by atoms with van der Waals surface area (Å²) >= 11 is 0. The summed E-state index contributed by atoms with van der Waals surface area (Å²) in [5, 5.41) is 10.8. The number of primary sulfonamides is 1. The van der Waals surface area contributed by atoms with Gasteiger partial charge in [0.25, 0.3) is 0 Å². The number of hydrogen-bond acceptors (Lipinski definition) is 5.